The summed E-state index contributed by atoms with van der Waals surface area (Å²) in [5, 5.41) is 3.07. The van der Waals surface area contributed by atoms with Crippen LogP contribution in [0.25, 0.3) is 0 Å². The number of benzene rings is 1. The lowest BCUT2D eigenvalue weighted by Gasteiger charge is -2.10. The third-order valence-electron chi connectivity index (χ3n) is 2.83. The summed E-state index contributed by atoms with van der Waals surface area (Å²) in [6.45, 7) is -1.48. The van der Waals surface area contributed by atoms with Crippen LogP contribution in [-0.4, -0.2) is 30.3 Å². The van der Waals surface area contributed by atoms with Crippen LogP contribution in [0.3, 0.4) is 0 Å². The second-order valence-corrected chi connectivity index (χ2v) is 5.35. The average molecular weight is 375 g/mol. The van der Waals surface area contributed by atoms with Gasteiger partial charge in [0.2, 0.25) is 0 Å². The number of hydrogen-bond donors (Lipinski definition) is 1. The molecule has 2 aromatic rings. The number of nitrogens with zero attached hydrogens (tertiary/aromatic N) is 1. The highest BCUT2D eigenvalue weighted by molar-refractivity contribution is 6.30. The molecule has 1 amide bonds. The molecule has 1 heterocycles. The Labute approximate surface area is 146 Å². The number of carbonyl (C=O) groups excluding carboxylic acids is 1. The maximum atomic E-state index is 12.0. The smallest absolute Gasteiger partial charge is 0.422 e. The Balaban J connectivity index is 1.74. The number of amides is 1. The van der Waals surface area contributed by atoms with Gasteiger partial charge in [-0.1, -0.05) is 17.7 Å². The van der Waals surface area contributed by atoms with Crippen LogP contribution in [0.4, 0.5) is 13.2 Å². The number of nitrogens with one attached hydrogen (secondary N) is 1. The van der Waals surface area contributed by atoms with E-state index in [0.717, 1.165) is 6.20 Å². The van der Waals surface area contributed by atoms with Crippen LogP contribution in [-0.2, 0) is 11.3 Å². The highest BCUT2D eigenvalue weighted by Crippen LogP contribution is 2.18. The first-order valence-electron chi connectivity index (χ1n) is 7.11. The van der Waals surface area contributed by atoms with Crippen LogP contribution in [0.5, 0.6) is 11.5 Å². The first-order valence-corrected chi connectivity index (χ1v) is 7.49. The van der Waals surface area contributed by atoms with Gasteiger partial charge in [-0.3, -0.25) is 9.78 Å². The Bertz CT molecular complexity index is 709. The van der Waals surface area contributed by atoms with Gasteiger partial charge in [0.1, 0.15) is 11.5 Å². The van der Waals surface area contributed by atoms with Crippen molar-refractivity contribution in [2.75, 3.05) is 13.2 Å². The Morgan fingerprint density at radius 2 is 1.96 bits per heavy atom. The van der Waals surface area contributed by atoms with Crippen LogP contribution in [0.15, 0.2) is 42.6 Å². The molecule has 0 unspecified atom stereocenters. The molecular formula is C16H14ClF3N2O3. The fraction of sp³-hybridized carbons (Fsp3) is 0.250. The summed E-state index contributed by atoms with van der Waals surface area (Å²) in [6.07, 6.45) is -3.24. The number of halogens is 4. The molecule has 0 fully saturated rings. The first-order chi connectivity index (χ1) is 11.8. The fourth-order valence-corrected chi connectivity index (χ4v) is 1.89. The minimum Gasteiger partial charge on any atom is -0.484 e. The molecule has 0 saturated carbocycles. The van der Waals surface area contributed by atoms with E-state index < -0.39 is 12.8 Å². The molecule has 0 bridgehead atoms. The van der Waals surface area contributed by atoms with E-state index in [9.17, 15) is 18.0 Å². The van der Waals surface area contributed by atoms with Gasteiger partial charge < -0.3 is 14.8 Å². The van der Waals surface area contributed by atoms with Crippen LogP contribution in [0.1, 0.15) is 5.69 Å². The average Bonchev–Trinajstić information content (AvgIpc) is 2.56. The second-order valence-electron chi connectivity index (χ2n) is 4.91. The van der Waals surface area contributed by atoms with Crippen molar-refractivity contribution in [1.29, 1.82) is 0 Å². The molecule has 0 aliphatic rings. The second kappa shape index (κ2) is 8.57. The minimum atomic E-state index is -4.41. The quantitative estimate of drug-likeness (QED) is 0.807. The predicted molar refractivity (Wildman–Crippen MR) is 84.6 cm³/mol. The van der Waals surface area contributed by atoms with Gasteiger partial charge in [0, 0.05) is 5.02 Å². The Morgan fingerprint density at radius 1 is 1.16 bits per heavy atom. The minimum absolute atomic E-state index is 0.00306. The van der Waals surface area contributed by atoms with E-state index in [1.54, 1.807) is 24.3 Å². The number of alkyl halides is 3. The number of rotatable bonds is 7. The standard InChI is InChI=1S/C16H14ClF3N2O3/c17-11-2-1-3-13(6-11)24-9-15(23)22-7-12-4-5-14(8-21-12)25-10-16(18,19)20/h1-6,8H,7,9-10H2,(H,22,23). The molecule has 1 aromatic carbocycles. The van der Waals surface area contributed by atoms with Gasteiger partial charge in [0.05, 0.1) is 18.4 Å². The van der Waals surface area contributed by atoms with Crippen LogP contribution < -0.4 is 14.8 Å². The Morgan fingerprint density at radius 3 is 2.60 bits per heavy atom. The van der Waals surface area contributed by atoms with Gasteiger partial charge in [0.25, 0.3) is 5.91 Å². The van der Waals surface area contributed by atoms with Gasteiger partial charge >= 0.3 is 6.18 Å². The van der Waals surface area contributed by atoms with E-state index >= 15 is 0 Å². The highest BCUT2D eigenvalue weighted by atomic mass is 35.5. The molecule has 0 spiro atoms. The van der Waals surface area contributed by atoms with Gasteiger partial charge in [-0.25, -0.2) is 0 Å². The zero-order chi connectivity index (χ0) is 18.3. The Hall–Kier alpha value is -2.48. The molecule has 1 N–H and O–H groups in total. The molecule has 0 aliphatic heterocycles. The lowest BCUT2D eigenvalue weighted by molar-refractivity contribution is -0.153. The van der Waals surface area contributed by atoms with Gasteiger partial charge in [-0.2, -0.15) is 13.2 Å². The summed E-state index contributed by atoms with van der Waals surface area (Å²) in [7, 11) is 0. The van der Waals surface area contributed by atoms with E-state index in [4.69, 9.17) is 16.3 Å². The van der Waals surface area contributed by atoms with E-state index in [1.807, 2.05) is 0 Å². The van der Waals surface area contributed by atoms with E-state index in [2.05, 4.69) is 15.0 Å². The molecule has 0 saturated heterocycles. The van der Waals surface area contributed by atoms with Crippen molar-refractivity contribution in [2.24, 2.45) is 0 Å². The number of hydrogen-bond acceptors (Lipinski definition) is 4. The molecule has 9 heteroatoms. The van der Waals surface area contributed by atoms with Crippen molar-refractivity contribution in [3.05, 3.63) is 53.3 Å². The number of pyridine rings is 1. The van der Waals surface area contributed by atoms with Crippen molar-refractivity contribution in [3.8, 4) is 11.5 Å². The maximum absolute atomic E-state index is 12.0. The number of carbonyl (C=O) groups is 1. The lowest BCUT2D eigenvalue weighted by Crippen LogP contribution is -2.28. The third-order valence-corrected chi connectivity index (χ3v) is 3.07. The fourth-order valence-electron chi connectivity index (χ4n) is 1.71. The predicted octanol–water partition coefficient (Wildman–Crippen LogP) is 3.37. The van der Waals surface area contributed by atoms with Gasteiger partial charge in [-0.05, 0) is 30.3 Å². The summed E-state index contributed by atoms with van der Waals surface area (Å²) < 4.78 is 45.9. The highest BCUT2D eigenvalue weighted by Gasteiger charge is 2.28. The van der Waals surface area contributed by atoms with Gasteiger partial charge in [0.15, 0.2) is 13.2 Å². The normalized spacial score (nSPS) is 11.0. The van der Waals surface area contributed by atoms with Crippen LogP contribution in [0, 0.1) is 0 Å². The lowest BCUT2D eigenvalue weighted by atomic mass is 10.3. The largest absolute Gasteiger partial charge is 0.484 e. The topological polar surface area (TPSA) is 60.5 Å². The van der Waals surface area contributed by atoms with Crippen LogP contribution in [0.2, 0.25) is 5.02 Å². The molecular weight excluding hydrogens is 361 g/mol. The third kappa shape index (κ3) is 7.30. The molecule has 25 heavy (non-hydrogen) atoms. The van der Waals surface area contributed by atoms with Crippen molar-refractivity contribution < 1.29 is 27.4 Å². The van der Waals surface area contributed by atoms with Crippen molar-refractivity contribution >= 4 is 17.5 Å². The molecule has 134 valence electrons. The summed E-state index contributed by atoms with van der Waals surface area (Å²) in [5.41, 5.74) is 0.468. The van der Waals surface area contributed by atoms with E-state index in [1.165, 1.54) is 12.1 Å². The summed E-state index contributed by atoms with van der Waals surface area (Å²) in [4.78, 5) is 15.6. The van der Waals surface area contributed by atoms with Crippen LogP contribution >= 0.6 is 11.6 Å². The molecule has 5 nitrogen and oxygen atoms in total. The van der Waals surface area contributed by atoms with Crippen molar-refractivity contribution in [3.63, 3.8) is 0 Å². The summed E-state index contributed by atoms with van der Waals surface area (Å²) in [5.74, 6) is 0.0859. The molecule has 0 atom stereocenters. The van der Waals surface area contributed by atoms with Gasteiger partial charge in [-0.15, -0.1) is 0 Å². The monoisotopic (exact) mass is 374 g/mol. The summed E-state index contributed by atoms with van der Waals surface area (Å²) >= 11 is 5.80. The van der Waals surface area contributed by atoms with Crippen molar-refractivity contribution in [2.45, 2.75) is 12.7 Å². The SMILES string of the molecule is O=C(COc1cccc(Cl)c1)NCc1ccc(OCC(F)(F)F)cn1. The Kier molecular flexibility index (Phi) is 6.46. The molecule has 0 aliphatic carbocycles. The zero-order valence-electron chi connectivity index (χ0n) is 12.8. The maximum Gasteiger partial charge on any atom is 0.422 e. The molecule has 1 aromatic heterocycles. The summed E-state index contributed by atoms with van der Waals surface area (Å²) in [6, 6.07) is 9.44. The molecule has 0 radical (unpaired) electrons. The number of aromatic nitrogens is 1. The zero-order valence-corrected chi connectivity index (χ0v) is 13.6. The number of ether oxygens (including phenoxy) is 2. The van der Waals surface area contributed by atoms with Crippen molar-refractivity contribution in [1.82, 2.24) is 10.3 Å². The van der Waals surface area contributed by atoms with E-state index in [-0.39, 0.29) is 24.8 Å². The van der Waals surface area contributed by atoms with E-state index in [0.29, 0.717) is 16.5 Å². The molecule has 2 rings (SSSR count). The first kappa shape index (κ1) is 18.9.